The molecule has 0 aromatic carbocycles. The van der Waals surface area contributed by atoms with Crippen LogP contribution in [0, 0.1) is 16.2 Å². The van der Waals surface area contributed by atoms with E-state index in [1.807, 2.05) is 0 Å². The fraction of sp³-hybridized carbons (Fsp3) is 1.00. The molecule has 0 aliphatic heterocycles. The van der Waals surface area contributed by atoms with Gasteiger partial charge in [-0.25, -0.2) is 0 Å². The molecular formula is C15H29N. The van der Waals surface area contributed by atoms with Crippen molar-refractivity contribution in [3.8, 4) is 0 Å². The van der Waals surface area contributed by atoms with E-state index in [-0.39, 0.29) is 0 Å². The van der Waals surface area contributed by atoms with Crippen molar-refractivity contribution in [2.75, 3.05) is 19.6 Å². The SMILES string of the molecule is CC(C)(C)CN(CC1(C)CC1)CC1(C)CC1. The van der Waals surface area contributed by atoms with E-state index in [2.05, 4.69) is 39.5 Å². The second-order valence-corrected chi connectivity index (χ2v) is 8.33. The van der Waals surface area contributed by atoms with E-state index in [1.165, 1.54) is 45.3 Å². The van der Waals surface area contributed by atoms with Crippen molar-refractivity contribution in [2.24, 2.45) is 16.2 Å². The predicted octanol–water partition coefficient (Wildman–Crippen LogP) is 3.93. The molecule has 0 aromatic heterocycles. The summed E-state index contributed by atoms with van der Waals surface area (Å²) in [5.74, 6) is 0. The van der Waals surface area contributed by atoms with Crippen LogP contribution in [0.4, 0.5) is 0 Å². The summed E-state index contributed by atoms with van der Waals surface area (Å²) in [6, 6.07) is 0. The molecule has 0 saturated heterocycles. The van der Waals surface area contributed by atoms with E-state index in [9.17, 15) is 0 Å². The first-order chi connectivity index (χ1) is 7.20. The normalized spacial score (nSPS) is 25.9. The highest BCUT2D eigenvalue weighted by Crippen LogP contribution is 2.49. The lowest BCUT2D eigenvalue weighted by Crippen LogP contribution is -2.39. The van der Waals surface area contributed by atoms with Crippen LogP contribution in [0.25, 0.3) is 0 Å². The average Bonchev–Trinajstić information content (AvgIpc) is 2.91. The van der Waals surface area contributed by atoms with Crippen LogP contribution in [0.3, 0.4) is 0 Å². The predicted molar refractivity (Wildman–Crippen MR) is 70.6 cm³/mol. The zero-order chi connectivity index (χ0) is 12.0. The van der Waals surface area contributed by atoms with E-state index >= 15 is 0 Å². The second-order valence-electron chi connectivity index (χ2n) is 8.33. The molecule has 0 heterocycles. The first kappa shape index (κ1) is 12.4. The summed E-state index contributed by atoms with van der Waals surface area (Å²) in [4.78, 5) is 2.75. The van der Waals surface area contributed by atoms with Crippen LogP contribution in [0.5, 0.6) is 0 Å². The molecule has 2 saturated carbocycles. The Hall–Kier alpha value is -0.0400. The summed E-state index contributed by atoms with van der Waals surface area (Å²) >= 11 is 0. The lowest BCUT2D eigenvalue weighted by atomic mass is 9.94. The molecule has 0 bridgehead atoms. The molecule has 0 unspecified atom stereocenters. The third-order valence-corrected chi connectivity index (χ3v) is 4.12. The van der Waals surface area contributed by atoms with Gasteiger partial charge in [-0.05, 0) is 41.9 Å². The fourth-order valence-corrected chi connectivity index (χ4v) is 2.66. The zero-order valence-corrected chi connectivity index (χ0v) is 11.9. The second kappa shape index (κ2) is 3.73. The van der Waals surface area contributed by atoms with E-state index in [1.54, 1.807) is 0 Å². The molecule has 2 fully saturated rings. The van der Waals surface area contributed by atoms with Gasteiger partial charge < -0.3 is 4.90 Å². The van der Waals surface area contributed by atoms with Crippen LogP contribution in [0.2, 0.25) is 0 Å². The molecule has 0 spiro atoms. The van der Waals surface area contributed by atoms with Crippen molar-refractivity contribution in [1.82, 2.24) is 4.90 Å². The van der Waals surface area contributed by atoms with Gasteiger partial charge in [0.25, 0.3) is 0 Å². The van der Waals surface area contributed by atoms with Crippen molar-refractivity contribution in [2.45, 2.75) is 60.3 Å². The van der Waals surface area contributed by atoms with Gasteiger partial charge >= 0.3 is 0 Å². The molecule has 2 aliphatic rings. The Bertz CT molecular complexity index is 223. The van der Waals surface area contributed by atoms with Crippen LogP contribution in [0.1, 0.15) is 60.3 Å². The van der Waals surface area contributed by atoms with Crippen molar-refractivity contribution >= 4 is 0 Å². The van der Waals surface area contributed by atoms with E-state index in [4.69, 9.17) is 0 Å². The summed E-state index contributed by atoms with van der Waals surface area (Å²) in [6.07, 6.45) is 5.80. The summed E-state index contributed by atoms with van der Waals surface area (Å²) < 4.78 is 0. The molecule has 0 N–H and O–H groups in total. The van der Waals surface area contributed by atoms with Crippen LogP contribution < -0.4 is 0 Å². The van der Waals surface area contributed by atoms with Gasteiger partial charge in [0.05, 0.1) is 0 Å². The van der Waals surface area contributed by atoms with Gasteiger partial charge in [0, 0.05) is 19.6 Å². The van der Waals surface area contributed by atoms with Crippen LogP contribution in [0.15, 0.2) is 0 Å². The highest BCUT2D eigenvalue weighted by atomic mass is 15.2. The van der Waals surface area contributed by atoms with Crippen molar-refractivity contribution in [3.63, 3.8) is 0 Å². The molecular weight excluding hydrogens is 194 g/mol. The summed E-state index contributed by atoms with van der Waals surface area (Å²) in [6.45, 7) is 15.9. The minimum absolute atomic E-state index is 0.441. The maximum atomic E-state index is 2.75. The number of rotatable bonds is 5. The lowest BCUT2D eigenvalue weighted by molar-refractivity contribution is 0.139. The molecule has 2 rings (SSSR count). The Balaban J connectivity index is 1.89. The van der Waals surface area contributed by atoms with Crippen LogP contribution in [-0.4, -0.2) is 24.5 Å². The first-order valence-electron chi connectivity index (χ1n) is 6.92. The lowest BCUT2D eigenvalue weighted by Gasteiger charge is -2.34. The molecule has 16 heavy (non-hydrogen) atoms. The number of hydrogen-bond donors (Lipinski definition) is 0. The quantitative estimate of drug-likeness (QED) is 0.682. The van der Waals surface area contributed by atoms with Crippen molar-refractivity contribution in [3.05, 3.63) is 0 Å². The van der Waals surface area contributed by atoms with Crippen LogP contribution in [-0.2, 0) is 0 Å². The Morgan fingerprint density at radius 1 is 0.875 bits per heavy atom. The highest BCUT2D eigenvalue weighted by Gasteiger charge is 2.43. The fourth-order valence-electron chi connectivity index (χ4n) is 2.66. The van der Waals surface area contributed by atoms with E-state index < -0.39 is 0 Å². The molecule has 0 atom stereocenters. The Morgan fingerprint density at radius 2 is 1.25 bits per heavy atom. The minimum Gasteiger partial charge on any atom is -0.302 e. The van der Waals surface area contributed by atoms with Gasteiger partial charge in [-0.15, -0.1) is 0 Å². The maximum absolute atomic E-state index is 2.75. The maximum Gasteiger partial charge on any atom is 0.00358 e. The molecule has 0 aromatic rings. The van der Waals surface area contributed by atoms with Gasteiger partial charge in [0.2, 0.25) is 0 Å². The Labute approximate surface area is 102 Å². The topological polar surface area (TPSA) is 3.24 Å². The molecule has 2 aliphatic carbocycles. The van der Waals surface area contributed by atoms with E-state index in [0.29, 0.717) is 16.2 Å². The standard InChI is InChI=1S/C15H29N/c1-13(2,3)10-16(11-14(4)6-7-14)12-15(5)8-9-15/h6-12H2,1-5H3. The van der Waals surface area contributed by atoms with Gasteiger partial charge in [-0.3, -0.25) is 0 Å². The van der Waals surface area contributed by atoms with Gasteiger partial charge in [-0.1, -0.05) is 34.6 Å². The van der Waals surface area contributed by atoms with Crippen molar-refractivity contribution < 1.29 is 0 Å². The number of nitrogens with zero attached hydrogens (tertiary/aromatic N) is 1. The number of hydrogen-bond acceptors (Lipinski definition) is 1. The monoisotopic (exact) mass is 223 g/mol. The third-order valence-electron chi connectivity index (χ3n) is 4.12. The third kappa shape index (κ3) is 3.76. The smallest absolute Gasteiger partial charge is 0.00358 e. The van der Waals surface area contributed by atoms with Gasteiger partial charge in [0.15, 0.2) is 0 Å². The zero-order valence-electron chi connectivity index (χ0n) is 11.9. The molecule has 94 valence electrons. The Kier molecular flexibility index (Phi) is 2.89. The summed E-state index contributed by atoms with van der Waals surface area (Å²) in [5, 5.41) is 0. The largest absolute Gasteiger partial charge is 0.302 e. The van der Waals surface area contributed by atoms with Gasteiger partial charge in [-0.2, -0.15) is 0 Å². The van der Waals surface area contributed by atoms with Crippen LogP contribution >= 0.6 is 0 Å². The molecule has 0 radical (unpaired) electrons. The molecule has 1 heteroatoms. The summed E-state index contributed by atoms with van der Waals surface area (Å²) in [5.41, 5.74) is 1.77. The highest BCUT2D eigenvalue weighted by molar-refractivity contribution is 4.96. The van der Waals surface area contributed by atoms with E-state index in [0.717, 1.165) is 0 Å². The van der Waals surface area contributed by atoms with Crippen molar-refractivity contribution in [1.29, 1.82) is 0 Å². The summed E-state index contributed by atoms with van der Waals surface area (Å²) in [7, 11) is 0. The molecule has 1 nitrogen and oxygen atoms in total. The Morgan fingerprint density at radius 3 is 1.50 bits per heavy atom. The minimum atomic E-state index is 0.441. The molecule has 0 amide bonds. The first-order valence-corrected chi connectivity index (χ1v) is 6.92. The van der Waals surface area contributed by atoms with Gasteiger partial charge in [0.1, 0.15) is 0 Å². The average molecular weight is 223 g/mol.